The van der Waals surface area contributed by atoms with Gasteiger partial charge in [-0.15, -0.1) is 0 Å². The lowest BCUT2D eigenvalue weighted by Crippen LogP contribution is -2.45. The summed E-state index contributed by atoms with van der Waals surface area (Å²) in [5, 5.41) is 3.62. The lowest BCUT2D eigenvalue weighted by molar-refractivity contribution is 0.0261. The van der Waals surface area contributed by atoms with Crippen molar-refractivity contribution in [3.05, 3.63) is 35.9 Å². The number of rotatable bonds is 7. The van der Waals surface area contributed by atoms with Gasteiger partial charge in [0.15, 0.2) is 0 Å². The van der Waals surface area contributed by atoms with Crippen molar-refractivity contribution in [2.75, 3.05) is 13.2 Å². The highest BCUT2D eigenvalue weighted by atomic mass is 16.5. The Balaban J connectivity index is 1.73. The van der Waals surface area contributed by atoms with Crippen LogP contribution in [0, 0.1) is 5.41 Å². The first kappa shape index (κ1) is 15.5. The zero-order chi connectivity index (χ0) is 14.4. The molecule has 0 heterocycles. The number of ether oxygens (including phenoxy) is 1. The van der Waals surface area contributed by atoms with Crippen molar-refractivity contribution in [2.24, 2.45) is 5.41 Å². The minimum atomic E-state index is 0.361. The largest absolute Gasteiger partial charge is 0.377 e. The quantitative estimate of drug-likeness (QED) is 0.764. The SMILES string of the molecule is CCNC1C(OCCCc2ccccc2)CCC1(C)C. The molecule has 1 N–H and O–H groups in total. The van der Waals surface area contributed by atoms with Crippen LogP contribution in [-0.2, 0) is 11.2 Å². The van der Waals surface area contributed by atoms with E-state index >= 15 is 0 Å². The fourth-order valence-electron chi connectivity index (χ4n) is 3.30. The number of hydrogen-bond donors (Lipinski definition) is 1. The normalized spacial score (nSPS) is 24.9. The molecule has 0 aromatic heterocycles. The molecule has 1 saturated carbocycles. The molecule has 112 valence electrons. The predicted octanol–water partition coefficient (Wildman–Crippen LogP) is 3.80. The Labute approximate surface area is 123 Å². The minimum absolute atomic E-state index is 0.361. The molecule has 0 amide bonds. The van der Waals surface area contributed by atoms with E-state index in [1.807, 2.05) is 0 Å². The van der Waals surface area contributed by atoms with Crippen LogP contribution < -0.4 is 5.32 Å². The molecule has 1 aliphatic carbocycles. The van der Waals surface area contributed by atoms with Crippen LogP contribution in [0.4, 0.5) is 0 Å². The molecule has 0 aliphatic heterocycles. The van der Waals surface area contributed by atoms with Crippen molar-refractivity contribution in [1.29, 1.82) is 0 Å². The highest BCUT2D eigenvalue weighted by Crippen LogP contribution is 2.39. The highest BCUT2D eigenvalue weighted by molar-refractivity contribution is 5.14. The zero-order valence-electron chi connectivity index (χ0n) is 13.2. The average Bonchev–Trinajstić information content (AvgIpc) is 2.73. The van der Waals surface area contributed by atoms with E-state index in [0.29, 0.717) is 17.6 Å². The van der Waals surface area contributed by atoms with Crippen molar-refractivity contribution >= 4 is 0 Å². The lowest BCUT2D eigenvalue weighted by atomic mass is 9.87. The average molecular weight is 275 g/mol. The summed E-state index contributed by atoms with van der Waals surface area (Å²) in [6, 6.07) is 11.2. The van der Waals surface area contributed by atoms with Gasteiger partial charge in [-0.2, -0.15) is 0 Å². The maximum Gasteiger partial charge on any atom is 0.0733 e. The predicted molar refractivity (Wildman–Crippen MR) is 85.0 cm³/mol. The topological polar surface area (TPSA) is 21.3 Å². The Morgan fingerprint density at radius 1 is 1.25 bits per heavy atom. The molecule has 0 saturated heterocycles. The zero-order valence-corrected chi connectivity index (χ0v) is 13.2. The van der Waals surface area contributed by atoms with Crippen molar-refractivity contribution < 1.29 is 4.74 Å². The Hall–Kier alpha value is -0.860. The van der Waals surface area contributed by atoms with E-state index in [2.05, 4.69) is 56.4 Å². The Morgan fingerprint density at radius 3 is 2.70 bits per heavy atom. The smallest absolute Gasteiger partial charge is 0.0733 e. The lowest BCUT2D eigenvalue weighted by Gasteiger charge is -2.31. The van der Waals surface area contributed by atoms with E-state index in [1.54, 1.807) is 0 Å². The summed E-state index contributed by atoms with van der Waals surface area (Å²) in [6.45, 7) is 8.79. The molecule has 1 fully saturated rings. The molecule has 20 heavy (non-hydrogen) atoms. The van der Waals surface area contributed by atoms with Crippen LogP contribution in [0.5, 0.6) is 0 Å². The summed E-state index contributed by atoms with van der Waals surface area (Å²) in [6.07, 6.45) is 5.06. The molecule has 2 heteroatoms. The number of aryl methyl sites for hydroxylation is 1. The van der Waals surface area contributed by atoms with Gasteiger partial charge in [0.2, 0.25) is 0 Å². The molecule has 1 aromatic rings. The van der Waals surface area contributed by atoms with E-state index in [-0.39, 0.29) is 0 Å². The maximum atomic E-state index is 6.16. The van der Waals surface area contributed by atoms with E-state index in [1.165, 1.54) is 18.4 Å². The van der Waals surface area contributed by atoms with Crippen molar-refractivity contribution in [3.8, 4) is 0 Å². The summed E-state index contributed by atoms with van der Waals surface area (Å²) in [7, 11) is 0. The third-order valence-electron chi connectivity index (χ3n) is 4.50. The van der Waals surface area contributed by atoms with Crippen LogP contribution in [-0.4, -0.2) is 25.3 Å². The summed E-state index contributed by atoms with van der Waals surface area (Å²) >= 11 is 0. The Morgan fingerprint density at radius 2 is 2.00 bits per heavy atom. The van der Waals surface area contributed by atoms with Gasteiger partial charge in [0.25, 0.3) is 0 Å². The molecule has 1 aliphatic rings. The molecule has 0 radical (unpaired) electrons. The minimum Gasteiger partial charge on any atom is -0.377 e. The van der Waals surface area contributed by atoms with Crippen molar-refractivity contribution in [3.63, 3.8) is 0 Å². The van der Waals surface area contributed by atoms with Gasteiger partial charge >= 0.3 is 0 Å². The van der Waals surface area contributed by atoms with E-state index in [0.717, 1.165) is 26.0 Å². The summed E-state index contributed by atoms with van der Waals surface area (Å²) in [4.78, 5) is 0. The van der Waals surface area contributed by atoms with Crippen LogP contribution in [0.1, 0.15) is 45.6 Å². The third-order valence-corrected chi connectivity index (χ3v) is 4.50. The van der Waals surface area contributed by atoms with E-state index < -0.39 is 0 Å². The number of benzene rings is 1. The van der Waals surface area contributed by atoms with Gasteiger partial charge < -0.3 is 10.1 Å². The first-order valence-electron chi connectivity index (χ1n) is 8.02. The summed E-state index contributed by atoms with van der Waals surface area (Å²) in [5.74, 6) is 0. The van der Waals surface area contributed by atoms with E-state index in [4.69, 9.17) is 4.74 Å². The van der Waals surface area contributed by atoms with Crippen molar-refractivity contribution in [2.45, 2.75) is 58.6 Å². The molecule has 2 nitrogen and oxygen atoms in total. The maximum absolute atomic E-state index is 6.16. The summed E-state index contributed by atoms with van der Waals surface area (Å²) in [5.41, 5.74) is 1.77. The van der Waals surface area contributed by atoms with Crippen LogP contribution in [0.3, 0.4) is 0 Å². The van der Waals surface area contributed by atoms with Gasteiger partial charge in [-0.3, -0.25) is 0 Å². The standard InChI is InChI=1S/C18H29NO/c1-4-19-17-16(12-13-18(17,2)3)20-14-8-11-15-9-6-5-7-10-15/h5-7,9-10,16-17,19H,4,8,11-14H2,1-3H3. The molecule has 2 rings (SSSR count). The third kappa shape index (κ3) is 4.07. The first-order chi connectivity index (χ1) is 9.63. The van der Waals surface area contributed by atoms with Gasteiger partial charge in [0, 0.05) is 12.6 Å². The van der Waals surface area contributed by atoms with Crippen LogP contribution >= 0.6 is 0 Å². The Kier molecular flexibility index (Phi) is 5.62. The van der Waals surface area contributed by atoms with E-state index in [9.17, 15) is 0 Å². The van der Waals surface area contributed by atoms with Gasteiger partial charge in [-0.1, -0.05) is 51.1 Å². The molecule has 2 atom stereocenters. The van der Waals surface area contributed by atoms with Crippen LogP contribution in [0.25, 0.3) is 0 Å². The summed E-state index contributed by atoms with van der Waals surface area (Å²) < 4.78 is 6.16. The van der Waals surface area contributed by atoms with Gasteiger partial charge in [0.1, 0.15) is 0 Å². The Bertz CT molecular complexity index is 388. The van der Waals surface area contributed by atoms with Gasteiger partial charge in [-0.25, -0.2) is 0 Å². The first-order valence-corrected chi connectivity index (χ1v) is 8.02. The second-order valence-corrected chi connectivity index (χ2v) is 6.56. The number of likely N-dealkylation sites (N-methyl/N-ethyl adjacent to an activating group) is 1. The molecule has 2 unspecified atom stereocenters. The molecular weight excluding hydrogens is 246 g/mol. The molecular formula is C18H29NO. The van der Waals surface area contributed by atoms with Gasteiger partial charge in [-0.05, 0) is 43.2 Å². The fraction of sp³-hybridized carbons (Fsp3) is 0.667. The van der Waals surface area contributed by atoms with Crippen LogP contribution in [0.15, 0.2) is 30.3 Å². The van der Waals surface area contributed by atoms with Crippen molar-refractivity contribution in [1.82, 2.24) is 5.32 Å². The monoisotopic (exact) mass is 275 g/mol. The molecule has 0 bridgehead atoms. The molecule has 1 aromatic carbocycles. The number of hydrogen-bond acceptors (Lipinski definition) is 2. The number of nitrogens with one attached hydrogen (secondary N) is 1. The highest BCUT2D eigenvalue weighted by Gasteiger charge is 2.41. The molecule has 0 spiro atoms. The second-order valence-electron chi connectivity index (χ2n) is 6.56. The van der Waals surface area contributed by atoms with Crippen LogP contribution in [0.2, 0.25) is 0 Å². The fourth-order valence-corrected chi connectivity index (χ4v) is 3.30. The second kappa shape index (κ2) is 7.24. The van der Waals surface area contributed by atoms with Gasteiger partial charge in [0.05, 0.1) is 6.10 Å².